The molecular weight excluding hydrogens is 392 g/mol. The largest absolute Gasteiger partial charge is 0.272 e. The minimum Gasteiger partial charge on any atom is -0.272 e. The lowest BCUT2D eigenvalue weighted by atomic mass is 9.40. The summed E-state index contributed by atoms with van der Waals surface area (Å²) in [6, 6.07) is 0. The number of amides is 4. The van der Waals surface area contributed by atoms with E-state index in [2.05, 4.69) is 20.4 Å². The van der Waals surface area contributed by atoms with Gasteiger partial charge in [-0.3, -0.25) is 19.2 Å². The number of nitrogens with zero attached hydrogens (tertiary/aromatic N) is 8. The standard InChI is InChI=1S/C18H14N8O4/c27-15-11-7-1-2-8(12(11)16(28)25(15)23-3-19-20-4-23)10-9(7)13-14(10)18(30)26(17(13)29)24-5-21-22-6-24/h1-14H/t7-,8+,9-,10-,11+,12-,13-,14-/m1/s1. The van der Waals surface area contributed by atoms with E-state index < -0.39 is 23.7 Å². The van der Waals surface area contributed by atoms with Crippen LogP contribution in [-0.2, 0) is 19.2 Å². The van der Waals surface area contributed by atoms with Gasteiger partial charge in [0.25, 0.3) is 23.6 Å². The molecule has 0 unspecified atom stereocenters. The second-order valence-electron chi connectivity index (χ2n) is 8.46. The van der Waals surface area contributed by atoms with Crippen LogP contribution in [0.4, 0.5) is 0 Å². The molecule has 2 saturated heterocycles. The zero-order chi connectivity index (χ0) is 20.3. The summed E-state index contributed by atoms with van der Waals surface area (Å²) in [5.41, 5.74) is 0. The number of hydrogen-bond donors (Lipinski definition) is 0. The quantitative estimate of drug-likeness (QED) is 0.417. The second kappa shape index (κ2) is 5.07. The fourth-order valence-corrected chi connectivity index (χ4v) is 6.62. The average molecular weight is 406 g/mol. The van der Waals surface area contributed by atoms with Crippen LogP contribution in [0.1, 0.15) is 0 Å². The van der Waals surface area contributed by atoms with Gasteiger partial charge >= 0.3 is 0 Å². The summed E-state index contributed by atoms with van der Waals surface area (Å²) in [5, 5.41) is 16.9. The van der Waals surface area contributed by atoms with Crippen molar-refractivity contribution < 1.29 is 19.2 Å². The first-order valence-corrected chi connectivity index (χ1v) is 9.73. The van der Waals surface area contributed by atoms with Gasteiger partial charge in [0.05, 0.1) is 23.7 Å². The van der Waals surface area contributed by atoms with Crippen molar-refractivity contribution in [2.45, 2.75) is 0 Å². The fourth-order valence-electron chi connectivity index (χ4n) is 6.62. The van der Waals surface area contributed by atoms with Crippen LogP contribution in [0.2, 0.25) is 0 Å². The molecule has 2 aromatic rings. The van der Waals surface area contributed by atoms with Crippen LogP contribution in [0.25, 0.3) is 0 Å². The molecule has 4 fully saturated rings. The van der Waals surface area contributed by atoms with E-state index in [1.54, 1.807) is 0 Å². The molecule has 150 valence electrons. The number of hydrogen-bond acceptors (Lipinski definition) is 8. The minimum atomic E-state index is -0.538. The Labute approximate surface area is 168 Å². The first kappa shape index (κ1) is 16.1. The van der Waals surface area contributed by atoms with E-state index in [1.807, 2.05) is 12.2 Å². The third-order valence-electron chi connectivity index (χ3n) is 7.57. The van der Waals surface area contributed by atoms with E-state index in [-0.39, 0.29) is 47.3 Å². The third kappa shape index (κ3) is 1.58. The minimum absolute atomic E-state index is 0.137. The van der Waals surface area contributed by atoms with E-state index in [0.29, 0.717) is 0 Å². The van der Waals surface area contributed by atoms with Gasteiger partial charge in [-0.15, -0.1) is 20.4 Å². The van der Waals surface area contributed by atoms with Gasteiger partial charge in [-0.1, -0.05) is 12.2 Å². The Morgan fingerprint density at radius 2 is 0.867 bits per heavy atom. The van der Waals surface area contributed by atoms with Crippen molar-refractivity contribution in [2.24, 2.45) is 47.3 Å². The molecule has 2 aliphatic heterocycles. The van der Waals surface area contributed by atoms with Gasteiger partial charge in [-0.2, -0.15) is 10.0 Å². The Bertz CT molecular complexity index is 1100. The molecule has 0 N–H and O–H groups in total. The molecule has 12 heteroatoms. The lowest BCUT2D eigenvalue weighted by molar-refractivity contribution is -0.166. The Morgan fingerprint density at radius 3 is 1.23 bits per heavy atom. The van der Waals surface area contributed by atoms with Crippen LogP contribution < -0.4 is 10.0 Å². The van der Waals surface area contributed by atoms with Crippen LogP contribution in [0.3, 0.4) is 0 Å². The maximum Gasteiger partial charge on any atom is 0.253 e. The molecule has 2 saturated carbocycles. The average Bonchev–Trinajstić information content (AvgIpc) is 3.47. The Kier molecular flexibility index (Phi) is 2.73. The van der Waals surface area contributed by atoms with E-state index in [1.165, 1.54) is 34.7 Å². The molecule has 0 aromatic carbocycles. The van der Waals surface area contributed by atoms with Crippen molar-refractivity contribution >= 4 is 23.6 Å². The smallest absolute Gasteiger partial charge is 0.253 e. The Balaban J connectivity index is 1.29. The van der Waals surface area contributed by atoms with Crippen LogP contribution in [0, 0.1) is 47.3 Å². The van der Waals surface area contributed by atoms with Gasteiger partial charge in [0.15, 0.2) is 0 Å². The van der Waals surface area contributed by atoms with Crippen molar-refractivity contribution in [3.63, 3.8) is 0 Å². The number of carbonyl (C=O) groups excluding carboxylic acids is 4. The first-order valence-electron chi connectivity index (χ1n) is 9.73. The monoisotopic (exact) mass is 406 g/mol. The lowest BCUT2D eigenvalue weighted by Gasteiger charge is -2.60. The van der Waals surface area contributed by atoms with Gasteiger partial charge in [0.1, 0.15) is 25.3 Å². The normalized spacial score (nSPS) is 40.7. The highest BCUT2D eigenvalue weighted by Crippen LogP contribution is 2.67. The summed E-state index contributed by atoms with van der Waals surface area (Å²) >= 11 is 0. The highest BCUT2D eigenvalue weighted by molar-refractivity contribution is 6.20. The molecule has 4 amide bonds. The number of allylic oxidation sites excluding steroid dienone is 2. The number of imide groups is 2. The van der Waals surface area contributed by atoms with Crippen LogP contribution in [-0.4, -0.2) is 53.4 Å². The molecule has 12 nitrogen and oxygen atoms in total. The number of fused-ring (bicyclic) bond motifs is 1. The zero-order valence-electron chi connectivity index (χ0n) is 15.3. The second-order valence-corrected chi connectivity index (χ2v) is 8.46. The van der Waals surface area contributed by atoms with Gasteiger partial charge in [0, 0.05) is 0 Å². The zero-order valence-corrected chi connectivity index (χ0v) is 15.3. The maximum absolute atomic E-state index is 13.2. The third-order valence-corrected chi connectivity index (χ3v) is 7.57. The van der Waals surface area contributed by atoms with Gasteiger partial charge in [0.2, 0.25) is 0 Å². The van der Waals surface area contributed by atoms with E-state index >= 15 is 0 Å². The number of aromatic nitrogens is 6. The Hall–Kier alpha value is -3.70. The van der Waals surface area contributed by atoms with E-state index in [4.69, 9.17) is 0 Å². The summed E-state index contributed by atoms with van der Waals surface area (Å²) in [6.07, 6.45) is 9.18. The molecule has 0 radical (unpaired) electrons. The van der Waals surface area contributed by atoms with Gasteiger partial charge in [-0.25, -0.2) is 9.35 Å². The molecule has 8 atom stereocenters. The van der Waals surface area contributed by atoms with Crippen molar-refractivity contribution in [1.82, 2.24) is 29.7 Å². The number of carbonyl (C=O) groups is 4. The summed E-state index contributed by atoms with van der Waals surface area (Å²) in [7, 11) is 0. The predicted octanol–water partition coefficient (Wildman–Crippen LogP) is -1.89. The molecule has 6 aliphatic rings. The first-order chi connectivity index (χ1) is 14.6. The summed E-state index contributed by atoms with van der Waals surface area (Å²) in [5.74, 6) is -4.06. The highest BCUT2D eigenvalue weighted by Gasteiger charge is 2.75. The maximum atomic E-state index is 13.2. The van der Waals surface area contributed by atoms with E-state index in [0.717, 1.165) is 10.0 Å². The molecule has 2 bridgehead atoms. The molecule has 30 heavy (non-hydrogen) atoms. The fraction of sp³-hybridized carbons (Fsp3) is 0.444. The predicted molar refractivity (Wildman–Crippen MR) is 93.6 cm³/mol. The van der Waals surface area contributed by atoms with Gasteiger partial charge < -0.3 is 0 Å². The SMILES string of the molecule is O=C1[C@@H]2[C@H]3C=C[C@@H]([C@@H]2C(=O)N1n1cnnc1)[C@H]1[C@H]2C(=O)N(n4cnnc4)C(=O)[C@@H]2[C@H]31. The van der Waals surface area contributed by atoms with E-state index in [9.17, 15) is 19.2 Å². The van der Waals surface area contributed by atoms with Crippen molar-refractivity contribution in [3.05, 3.63) is 37.5 Å². The van der Waals surface area contributed by atoms with Crippen LogP contribution in [0.5, 0.6) is 0 Å². The summed E-state index contributed by atoms with van der Waals surface area (Å²) in [6.45, 7) is 0. The topological polar surface area (TPSA) is 136 Å². The Morgan fingerprint density at radius 1 is 0.533 bits per heavy atom. The summed E-state index contributed by atoms with van der Waals surface area (Å²) < 4.78 is 2.60. The van der Waals surface area contributed by atoms with Crippen molar-refractivity contribution in [1.29, 1.82) is 0 Å². The van der Waals surface area contributed by atoms with Crippen LogP contribution in [0.15, 0.2) is 37.5 Å². The van der Waals surface area contributed by atoms with Crippen LogP contribution >= 0.6 is 0 Å². The molecule has 0 spiro atoms. The molecule has 4 aliphatic carbocycles. The summed E-state index contributed by atoms with van der Waals surface area (Å²) in [4.78, 5) is 52.7. The number of rotatable bonds is 2. The molecule has 8 rings (SSSR count). The lowest BCUT2D eigenvalue weighted by Crippen LogP contribution is -2.63. The molecular formula is C18H14N8O4. The highest BCUT2D eigenvalue weighted by atomic mass is 16.2. The molecule has 2 aromatic heterocycles. The van der Waals surface area contributed by atoms with Crippen molar-refractivity contribution in [3.8, 4) is 0 Å². The van der Waals surface area contributed by atoms with Gasteiger partial charge in [-0.05, 0) is 23.7 Å². The molecule has 4 heterocycles. The van der Waals surface area contributed by atoms with Crippen molar-refractivity contribution in [2.75, 3.05) is 10.0 Å².